The predicted molar refractivity (Wildman–Crippen MR) is 51.1 cm³/mol. The highest BCUT2D eigenvalue weighted by atomic mass is 16.3. The van der Waals surface area contributed by atoms with Crippen LogP contribution in [0.5, 0.6) is 0 Å². The SMILES string of the molecule is CCCCCC[C@H](O)C[C@@H](C)O. The summed E-state index contributed by atoms with van der Waals surface area (Å²) in [5.41, 5.74) is 0. The first-order chi connectivity index (χ1) is 5.66. The molecule has 0 spiro atoms. The molecule has 0 aliphatic carbocycles. The van der Waals surface area contributed by atoms with Gasteiger partial charge in [0.15, 0.2) is 0 Å². The molecule has 0 saturated carbocycles. The summed E-state index contributed by atoms with van der Waals surface area (Å²) >= 11 is 0. The minimum atomic E-state index is -0.369. The Morgan fingerprint density at radius 3 is 2.25 bits per heavy atom. The highest BCUT2D eigenvalue weighted by Crippen LogP contribution is 2.09. The Morgan fingerprint density at radius 2 is 1.75 bits per heavy atom. The summed E-state index contributed by atoms with van der Waals surface area (Å²) in [5.74, 6) is 0. The van der Waals surface area contributed by atoms with Crippen LogP contribution < -0.4 is 0 Å². The Bertz CT molecular complexity index is 91.8. The third-order valence-corrected chi connectivity index (χ3v) is 2.00. The number of hydrogen-bond donors (Lipinski definition) is 2. The van der Waals surface area contributed by atoms with Gasteiger partial charge in [0.05, 0.1) is 12.2 Å². The number of aliphatic hydroxyl groups is 2. The van der Waals surface area contributed by atoms with Crippen LogP contribution in [0.2, 0.25) is 0 Å². The van der Waals surface area contributed by atoms with Crippen LogP contribution >= 0.6 is 0 Å². The first-order valence-corrected chi connectivity index (χ1v) is 5.03. The van der Waals surface area contributed by atoms with Gasteiger partial charge in [-0.25, -0.2) is 0 Å². The van der Waals surface area contributed by atoms with E-state index in [9.17, 15) is 5.11 Å². The van der Waals surface area contributed by atoms with Gasteiger partial charge in [0, 0.05) is 0 Å². The summed E-state index contributed by atoms with van der Waals surface area (Å²) in [6.07, 6.45) is 5.45. The molecule has 0 radical (unpaired) electrons. The van der Waals surface area contributed by atoms with Crippen molar-refractivity contribution in [3.05, 3.63) is 0 Å². The van der Waals surface area contributed by atoms with E-state index in [1.54, 1.807) is 6.92 Å². The highest BCUT2D eigenvalue weighted by molar-refractivity contribution is 4.59. The van der Waals surface area contributed by atoms with Crippen molar-refractivity contribution < 1.29 is 10.2 Å². The van der Waals surface area contributed by atoms with Gasteiger partial charge in [0.2, 0.25) is 0 Å². The van der Waals surface area contributed by atoms with Crippen LogP contribution in [0.25, 0.3) is 0 Å². The van der Waals surface area contributed by atoms with Gasteiger partial charge >= 0.3 is 0 Å². The standard InChI is InChI=1S/C10H22O2/c1-3-4-5-6-7-10(12)8-9(2)11/h9-12H,3-8H2,1-2H3/t9-,10+/m1/s1. The second-order valence-corrected chi connectivity index (χ2v) is 3.59. The summed E-state index contributed by atoms with van der Waals surface area (Å²) in [6.45, 7) is 3.89. The Balaban J connectivity index is 3.14. The molecule has 0 aliphatic rings. The molecule has 0 fully saturated rings. The molecule has 0 aromatic heterocycles. The lowest BCUT2D eigenvalue weighted by molar-refractivity contribution is 0.0834. The molecule has 0 aliphatic heterocycles. The molecular formula is C10H22O2. The van der Waals surface area contributed by atoms with Crippen molar-refractivity contribution in [2.45, 2.75) is 64.6 Å². The third-order valence-electron chi connectivity index (χ3n) is 2.00. The normalized spacial score (nSPS) is 16.0. The van der Waals surface area contributed by atoms with Crippen molar-refractivity contribution in [2.75, 3.05) is 0 Å². The molecule has 0 amide bonds. The predicted octanol–water partition coefficient (Wildman–Crippen LogP) is 2.09. The van der Waals surface area contributed by atoms with Crippen molar-refractivity contribution in [1.82, 2.24) is 0 Å². The van der Waals surface area contributed by atoms with Gasteiger partial charge in [-0.15, -0.1) is 0 Å². The van der Waals surface area contributed by atoms with E-state index >= 15 is 0 Å². The van der Waals surface area contributed by atoms with Gasteiger partial charge in [-0.05, 0) is 19.8 Å². The lowest BCUT2D eigenvalue weighted by atomic mass is 10.1. The van der Waals surface area contributed by atoms with E-state index in [1.165, 1.54) is 19.3 Å². The minimum Gasteiger partial charge on any atom is -0.393 e. The zero-order valence-corrected chi connectivity index (χ0v) is 8.29. The Hall–Kier alpha value is -0.0800. The Kier molecular flexibility index (Phi) is 7.51. The van der Waals surface area contributed by atoms with Crippen LogP contribution in [0.4, 0.5) is 0 Å². The zero-order chi connectivity index (χ0) is 9.40. The van der Waals surface area contributed by atoms with E-state index in [4.69, 9.17) is 5.11 Å². The second kappa shape index (κ2) is 7.56. The minimum absolute atomic E-state index is 0.304. The fourth-order valence-corrected chi connectivity index (χ4v) is 1.32. The second-order valence-electron chi connectivity index (χ2n) is 3.59. The molecule has 12 heavy (non-hydrogen) atoms. The largest absolute Gasteiger partial charge is 0.393 e. The fraction of sp³-hybridized carbons (Fsp3) is 1.00. The monoisotopic (exact) mass is 174 g/mol. The summed E-state index contributed by atoms with van der Waals surface area (Å²) in [6, 6.07) is 0. The average molecular weight is 174 g/mol. The fourth-order valence-electron chi connectivity index (χ4n) is 1.32. The van der Waals surface area contributed by atoms with Crippen molar-refractivity contribution in [2.24, 2.45) is 0 Å². The van der Waals surface area contributed by atoms with Crippen LogP contribution in [0.15, 0.2) is 0 Å². The van der Waals surface area contributed by atoms with Gasteiger partial charge in [-0.1, -0.05) is 32.6 Å². The molecule has 0 heterocycles. The topological polar surface area (TPSA) is 40.5 Å². The van der Waals surface area contributed by atoms with Gasteiger partial charge in [-0.3, -0.25) is 0 Å². The van der Waals surface area contributed by atoms with Crippen LogP contribution in [-0.2, 0) is 0 Å². The smallest absolute Gasteiger partial charge is 0.0564 e. The highest BCUT2D eigenvalue weighted by Gasteiger charge is 2.06. The molecular weight excluding hydrogens is 152 g/mol. The van der Waals surface area contributed by atoms with E-state index in [-0.39, 0.29) is 12.2 Å². The van der Waals surface area contributed by atoms with Gasteiger partial charge in [-0.2, -0.15) is 0 Å². The Labute approximate surface area is 75.6 Å². The quantitative estimate of drug-likeness (QED) is 0.580. The van der Waals surface area contributed by atoms with Gasteiger partial charge in [0.25, 0.3) is 0 Å². The first-order valence-electron chi connectivity index (χ1n) is 5.03. The summed E-state index contributed by atoms with van der Waals surface area (Å²) in [5, 5.41) is 18.3. The summed E-state index contributed by atoms with van der Waals surface area (Å²) < 4.78 is 0. The number of aliphatic hydroxyl groups excluding tert-OH is 2. The zero-order valence-electron chi connectivity index (χ0n) is 8.29. The average Bonchev–Trinajstić information content (AvgIpc) is 1.97. The van der Waals surface area contributed by atoms with Gasteiger partial charge < -0.3 is 10.2 Å². The third kappa shape index (κ3) is 8.02. The van der Waals surface area contributed by atoms with E-state index in [0.29, 0.717) is 6.42 Å². The maximum atomic E-state index is 9.36. The maximum Gasteiger partial charge on any atom is 0.0564 e. The molecule has 0 aromatic rings. The molecule has 0 bridgehead atoms. The molecule has 0 aromatic carbocycles. The molecule has 2 atom stereocenters. The van der Waals surface area contributed by atoms with Crippen molar-refractivity contribution >= 4 is 0 Å². The maximum absolute atomic E-state index is 9.36. The van der Waals surface area contributed by atoms with E-state index in [0.717, 1.165) is 12.8 Å². The summed E-state index contributed by atoms with van der Waals surface area (Å²) in [7, 11) is 0. The van der Waals surface area contributed by atoms with Gasteiger partial charge in [0.1, 0.15) is 0 Å². The van der Waals surface area contributed by atoms with E-state index in [2.05, 4.69) is 6.92 Å². The number of unbranched alkanes of at least 4 members (excludes halogenated alkanes) is 3. The molecule has 2 heteroatoms. The van der Waals surface area contributed by atoms with Crippen LogP contribution in [0, 0.1) is 0 Å². The summed E-state index contributed by atoms with van der Waals surface area (Å²) in [4.78, 5) is 0. The molecule has 74 valence electrons. The molecule has 0 rings (SSSR count). The number of rotatable bonds is 7. The van der Waals surface area contributed by atoms with Crippen molar-refractivity contribution in [1.29, 1.82) is 0 Å². The first kappa shape index (κ1) is 11.9. The van der Waals surface area contributed by atoms with E-state index < -0.39 is 0 Å². The van der Waals surface area contributed by atoms with Crippen LogP contribution in [0.1, 0.15) is 52.4 Å². The van der Waals surface area contributed by atoms with Crippen molar-refractivity contribution in [3.63, 3.8) is 0 Å². The Morgan fingerprint density at radius 1 is 1.08 bits per heavy atom. The lowest BCUT2D eigenvalue weighted by Crippen LogP contribution is -2.14. The molecule has 2 nitrogen and oxygen atoms in total. The molecule has 0 unspecified atom stereocenters. The molecule has 0 saturated heterocycles. The lowest BCUT2D eigenvalue weighted by Gasteiger charge is -2.11. The van der Waals surface area contributed by atoms with Crippen LogP contribution in [-0.4, -0.2) is 22.4 Å². The van der Waals surface area contributed by atoms with Crippen molar-refractivity contribution in [3.8, 4) is 0 Å². The van der Waals surface area contributed by atoms with Crippen LogP contribution in [0.3, 0.4) is 0 Å². The van der Waals surface area contributed by atoms with E-state index in [1.807, 2.05) is 0 Å². The molecule has 2 N–H and O–H groups in total. The number of hydrogen-bond acceptors (Lipinski definition) is 2.